The maximum atomic E-state index is 13.4. The summed E-state index contributed by atoms with van der Waals surface area (Å²) in [6.07, 6.45) is 2.01. The minimum absolute atomic E-state index is 0.110. The predicted molar refractivity (Wildman–Crippen MR) is 140 cm³/mol. The van der Waals surface area contributed by atoms with Crippen molar-refractivity contribution in [1.82, 2.24) is 0 Å². The Balaban J connectivity index is 1.35. The van der Waals surface area contributed by atoms with Crippen molar-refractivity contribution in [2.24, 2.45) is 5.16 Å². The minimum Gasteiger partial charge on any atom is -0.494 e. The first-order valence-corrected chi connectivity index (χ1v) is 12.1. The molecule has 0 N–H and O–H groups in total. The molecule has 0 saturated carbocycles. The van der Waals surface area contributed by atoms with Gasteiger partial charge in [-0.3, -0.25) is 4.79 Å². The van der Waals surface area contributed by atoms with Crippen LogP contribution in [0.3, 0.4) is 0 Å². The molecule has 180 valence electrons. The van der Waals surface area contributed by atoms with Crippen molar-refractivity contribution in [3.05, 3.63) is 108 Å². The SMILES string of the molecule is CCCCOc1ccc(C(=O)O/N=C2/C(=O)N(Cc3cccc4ccccc34)c3ccccc32)cc1. The molecule has 0 aliphatic carbocycles. The third-order valence-electron chi connectivity index (χ3n) is 6.18. The summed E-state index contributed by atoms with van der Waals surface area (Å²) in [6.45, 7) is 3.11. The number of hydrogen-bond donors (Lipinski definition) is 0. The van der Waals surface area contributed by atoms with Gasteiger partial charge in [-0.1, -0.05) is 79.2 Å². The van der Waals surface area contributed by atoms with Crippen molar-refractivity contribution in [3.63, 3.8) is 0 Å². The van der Waals surface area contributed by atoms with E-state index in [2.05, 4.69) is 24.2 Å². The molecule has 36 heavy (non-hydrogen) atoms. The van der Waals surface area contributed by atoms with Gasteiger partial charge in [0.1, 0.15) is 5.75 Å². The lowest BCUT2D eigenvalue weighted by atomic mass is 10.0. The fraction of sp³-hybridized carbons (Fsp3) is 0.167. The van der Waals surface area contributed by atoms with Gasteiger partial charge in [-0.05, 0) is 53.1 Å². The molecular weight excluding hydrogens is 452 g/mol. The van der Waals surface area contributed by atoms with E-state index in [4.69, 9.17) is 9.57 Å². The van der Waals surface area contributed by atoms with Gasteiger partial charge in [-0.2, -0.15) is 0 Å². The summed E-state index contributed by atoms with van der Waals surface area (Å²) in [5, 5.41) is 6.20. The van der Waals surface area contributed by atoms with Crippen LogP contribution >= 0.6 is 0 Å². The van der Waals surface area contributed by atoms with Gasteiger partial charge in [0.05, 0.1) is 24.4 Å². The topological polar surface area (TPSA) is 68.2 Å². The zero-order valence-electron chi connectivity index (χ0n) is 20.0. The summed E-state index contributed by atoms with van der Waals surface area (Å²) in [4.78, 5) is 32.9. The highest BCUT2D eigenvalue weighted by Gasteiger charge is 2.35. The van der Waals surface area contributed by atoms with Crippen LogP contribution in [-0.2, 0) is 16.2 Å². The largest absolute Gasteiger partial charge is 0.494 e. The van der Waals surface area contributed by atoms with E-state index in [1.54, 1.807) is 29.2 Å². The number of oxime groups is 1. The van der Waals surface area contributed by atoms with Crippen molar-refractivity contribution in [2.45, 2.75) is 26.3 Å². The molecule has 0 unspecified atom stereocenters. The van der Waals surface area contributed by atoms with E-state index in [-0.39, 0.29) is 11.6 Å². The van der Waals surface area contributed by atoms with E-state index in [1.807, 2.05) is 54.6 Å². The Morgan fingerprint density at radius 1 is 0.889 bits per heavy atom. The average molecular weight is 479 g/mol. The number of nitrogens with zero attached hydrogens (tertiary/aromatic N) is 2. The lowest BCUT2D eigenvalue weighted by molar-refractivity contribution is -0.112. The summed E-state index contributed by atoms with van der Waals surface area (Å²) in [5.41, 5.74) is 2.83. The fourth-order valence-electron chi connectivity index (χ4n) is 4.27. The molecule has 4 aromatic rings. The van der Waals surface area contributed by atoms with Gasteiger partial charge in [0.25, 0.3) is 5.91 Å². The number of unbranched alkanes of at least 4 members (excludes halogenated alkanes) is 1. The fourth-order valence-corrected chi connectivity index (χ4v) is 4.27. The van der Waals surface area contributed by atoms with E-state index < -0.39 is 5.97 Å². The van der Waals surface area contributed by atoms with Gasteiger partial charge in [0.15, 0.2) is 5.71 Å². The van der Waals surface area contributed by atoms with Gasteiger partial charge in [-0.15, -0.1) is 0 Å². The molecule has 0 aromatic heterocycles. The highest BCUT2D eigenvalue weighted by atomic mass is 16.7. The Kier molecular flexibility index (Phi) is 6.76. The molecular formula is C30H26N2O4. The second-order valence-electron chi connectivity index (χ2n) is 8.59. The second-order valence-corrected chi connectivity index (χ2v) is 8.59. The van der Waals surface area contributed by atoms with E-state index in [0.717, 1.165) is 34.9 Å². The number of hydrogen-bond acceptors (Lipinski definition) is 5. The molecule has 1 amide bonds. The lowest BCUT2D eigenvalue weighted by Crippen LogP contribution is -2.30. The van der Waals surface area contributed by atoms with E-state index in [1.165, 1.54) is 0 Å². The third-order valence-corrected chi connectivity index (χ3v) is 6.18. The van der Waals surface area contributed by atoms with E-state index in [9.17, 15) is 9.59 Å². The molecule has 1 aliphatic heterocycles. The molecule has 5 rings (SSSR count). The maximum Gasteiger partial charge on any atom is 0.365 e. The van der Waals surface area contributed by atoms with Crippen LogP contribution in [0.4, 0.5) is 5.69 Å². The number of carbonyl (C=O) groups excluding carboxylic acids is 2. The second kappa shape index (κ2) is 10.4. The van der Waals surface area contributed by atoms with Crippen LogP contribution in [0.15, 0.2) is 96.2 Å². The smallest absolute Gasteiger partial charge is 0.365 e. The van der Waals surface area contributed by atoms with Crippen LogP contribution in [0.1, 0.15) is 41.3 Å². The highest BCUT2D eigenvalue weighted by Crippen LogP contribution is 2.32. The molecule has 6 heteroatoms. The van der Waals surface area contributed by atoms with Crippen molar-refractivity contribution in [2.75, 3.05) is 11.5 Å². The maximum absolute atomic E-state index is 13.4. The molecule has 1 heterocycles. The van der Waals surface area contributed by atoms with Gasteiger partial charge < -0.3 is 14.5 Å². The van der Waals surface area contributed by atoms with E-state index in [0.29, 0.717) is 30.0 Å². The normalized spacial score (nSPS) is 13.8. The monoisotopic (exact) mass is 478 g/mol. The Morgan fingerprint density at radius 2 is 1.64 bits per heavy atom. The first-order chi connectivity index (χ1) is 17.7. The number of ether oxygens (including phenoxy) is 1. The van der Waals surface area contributed by atoms with Gasteiger partial charge in [0.2, 0.25) is 0 Å². The number of para-hydroxylation sites is 1. The highest BCUT2D eigenvalue weighted by molar-refractivity contribution is 6.54. The van der Waals surface area contributed by atoms with Gasteiger partial charge in [-0.25, -0.2) is 4.79 Å². The van der Waals surface area contributed by atoms with Crippen molar-refractivity contribution in [1.29, 1.82) is 0 Å². The molecule has 0 bridgehead atoms. The first kappa shape index (κ1) is 23.3. The zero-order valence-corrected chi connectivity index (χ0v) is 20.0. The van der Waals surface area contributed by atoms with Crippen LogP contribution < -0.4 is 9.64 Å². The summed E-state index contributed by atoms with van der Waals surface area (Å²) >= 11 is 0. The molecule has 0 atom stereocenters. The summed E-state index contributed by atoms with van der Waals surface area (Å²) < 4.78 is 5.63. The summed E-state index contributed by atoms with van der Waals surface area (Å²) in [5.74, 6) is -0.257. The number of carbonyl (C=O) groups is 2. The standard InChI is InChI=1S/C30H26N2O4/c1-2-3-19-35-24-17-15-22(16-18-24)30(34)36-31-28-26-13-6-7-14-27(26)32(29(28)33)20-23-11-8-10-21-9-4-5-12-25(21)23/h4-18H,2-3,19-20H2,1H3/b31-28+. The quantitative estimate of drug-likeness (QED) is 0.174. The molecule has 1 aliphatic rings. The van der Waals surface area contributed by atoms with Crippen molar-refractivity contribution >= 4 is 34.0 Å². The van der Waals surface area contributed by atoms with Gasteiger partial charge >= 0.3 is 5.97 Å². The summed E-state index contributed by atoms with van der Waals surface area (Å²) in [6, 6.07) is 28.2. The predicted octanol–water partition coefficient (Wildman–Crippen LogP) is 6.13. The number of rotatable bonds is 8. The molecule has 0 fully saturated rings. The Labute approximate surface area is 209 Å². The van der Waals surface area contributed by atoms with Crippen LogP contribution in [0.25, 0.3) is 10.8 Å². The van der Waals surface area contributed by atoms with Crippen LogP contribution in [0.2, 0.25) is 0 Å². The van der Waals surface area contributed by atoms with Crippen LogP contribution in [0, 0.1) is 0 Å². The van der Waals surface area contributed by atoms with E-state index >= 15 is 0 Å². The van der Waals surface area contributed by atoms with Gasteiger partial charge in [0, 0.05) is 5.56 Å². The van der Waals surface area contributed by atoms with Crippen LogP contribution in [-0.4, -0.2) is 24.2 Å². The van der Waals surface area contributed by atoms with Crippen molar-refractivity contribution in [3.8, 4) is 5.75 Å². The molecule has 0 radical (unpaired) electrons. The first-order valence-electron chi connectivity index (χ1n) is 12.1. The molecule has 0 spiro atoms. The zero-order chi connectivity index (χ0) is 24.9. The Bertz CT molecular complexity index is 1440. The van der Waals surface area contributed by atoms with Crippen LogP contribution in [0.5, 0.6) is 5.75 Å². The number of benzene rings is 4. The third kappa shape index (κ3) is 4.70. The molecule has 0 saturated heterocycles. The summed E-state index contributed by atoms with van der Waals surface area (Å²) in [7, 11) is 0. The number of fused-ring (bicyclic) bond motifs is 2. The average Bonchev–Trinajstić information content (AvgIpc) is 3.18. The lowest BCUT2D eigenvalue weighted by Gasteiger charge is -2.18. The Morgan fingerprint density at radius 3 is 2.47 bits per heavy atom. The minimum atomic E-state index is -0.639. The Hall–Kier alpha value is -4.45. The number of amides is 1. The molecule has 6 nitrogen and oxygen atoms in total. The number of anilines is 1. The molecule has 4 aromatic carbocycles. The van der Waals surface area contributed by atoms with Crippen molar-refractivity contribution < 1.29 is 19.2 Å².